The summed E-state index contributed by atoms with van der Waals surface area (Å²) in [5, 5.41) is 0. The van der Waals surface area contributed by atoms with Crippen LogP contribution >= 0.6 is 0 Å². The van der Waals surface area contributed by atoms with Gasteiger partial charge in [-0.2, -0.15) is 0 Å². The second-order valence-electron chi connectivity index (χ2n) is 10.9. The van der Waals surface area contributed by atoms with Crippen molar-refractivity contribution in [1.29, 1.82) is 0 Å². The average molecular weight is 484 g/mol. The van der Waals surface area contributed by atoms with Crippen LogP contribution in [0.5, 0.6) is 0 Å². The van der Waals surface area contributed by atoms with E-state index in [-0.39, 0.29) is 12.0 Å². The molecule has 2 saturated carbocycles. The van der Waals surface area contributed by atoms with Crippen molar-refractivity contribution in [3.8, 4) is 0 Å². The lowest BCUT2D eigenvalue weighted by Gasteiger charge is -2.30. The van der Waals surface area contributed by atoms with Crippen molar-refractivity contribution in [3.05, 3.63) is 29.8 Å². The van der Waals surface area contributed by atoms with E-state index in [1.165, 1.54) is 12.0 Å². The highest BCUT2D eigenvalue weighted by atomic mass is 32.2. The lowest BCUT2D eigenvalue weighted by Crippen LogP contribution is -2.36. The van der Waals surface area contributed by atoms with Crippen molar-refractivity contribution in [3.63, 3.8) is 0 Å². The number of benzene rings is 1. The van der Waals surface area contributed by atoms with Gasteiger partial charge in [0, 0.05) is 6.04 Å². The van der Waals surface area contributed by atoms with E-state index in [0.29, 0.717) is 16.6 Å². The van der Waals surface area contributed by atoms with Crippen LogP contribution in [-0.2, 0) is 26.3 Å². The van der Waals surface area contributed by atoms with E-state index in [0.717, 1.165) is 64.2 Å². The Balaban J connectivity index is 1.45. The van der Waals surface area contributed by atoms with Gasteiger partial charge in [-0.3, -0.25) is 0 Å². The molecule has 0 atom stereocenters. The first-order valence-corrected chi connectivity index (χ1v) is 15.4. The van der Waals surface area contributed by atoms with Crippen LogP contribution in [0.2, 0.25) is 0 Å². The largest absolute Gasteiger partial charge is 0.240 e. The number of aryl methyl sites for hydroxylation is 1. The van der Waals surface area contributed by atoms with Gasteiger partial charge in [0.2, 0.25) is 10.0 Å². The molecule has 2 aliphatic carbocycles. The first-order valence-electron chi connectivity index (χ1n) is 12.3. The van der Waals surface area contributed by atoms with E-state index >= 15 is 0 Å². The van der Waals surface area contributed by atoms with E-state index in [9.17, 15) is 16.8 Å². The van der Waals surface area contributed by atoms with E-state index in [1.807, 2.05) is 12.1 Å². The van der Waals surface area contributed by atoms with Crippen LogP contribution in [0.25, 0.3) is 0 Å². The van der Waals surface area contributed by atoms with Crippen molar-refractivity contribution in [2.45, 2.75) is 107 Å². The van der Waals surface area contributed by atoms with Gasteiger partial charge < -0.3 is 0 Å². The van der Waals surface area contributed by atoms with Gasteiger partial charge in [-0.25, -0.2) is 21.6 Å². The maximum Gasteiger partial charge on any atom is 0.240 e. The summed E-state index contributed by atoms with van der Waals surface area (Å²) in [4.78, 5) is 0.354. The molecular weight excluding hydrogens is 442 g/mol. The van der Waals surface area contributed by atoms with Crippen LogP contribution in [0.3, 0.4) is 0 Å². The van der Waals surface area contributed by atoms with Gasteiger partial charge in [0.15, 0.2) is 9.84 Å². The highest BCUT2D eigenvalue weighted by Crippen LogP contribution is 2.34. The van der Waals surface area contributed by atoms with Gasteiger partial charge in [-0.1, -0.05) is 44.2 Å². The number of hydrogen-bond acceptors (Lipinski definition) is 4. The third-order valence-corrected chi connectivity index (χ3v) is 11.7. The number of hydrogen-bond donors (Lipinski definition) is 1. The smallest absolute Gasteiger partial charge is 0.228 e. The summed E-state index contributed by atoms with van der Waals surface area (Å²) in [5.41, 5.74) is 1.17. The first kappa shape index (κ1) is 25.7. The van der Waals surface area contributed by atoms with Crippen molar-refractivity contribution < 1.29 is 16.8 Å². The molecule has 0 saturated heterocycles. The highest BCUT2D eigenvalue weighted by molar-refractivity contribution is 7.92. The van der Waals surface area contributed by atoms with Gasteiger partial charge in [-0.15, -0.1) is 0 Å². The molecular formula is C25H41NO4S2. The van der Waals surface area contributed by atoms with Gasteiger partial charge in [0.1, 0.15) is 0 Å². The molecule has 7 heteroatoms. The quantitative estimate of drug-likeness (QED) is 0.548. The molecule has 1 aromatic carbocycles. The zero-order chi connectivity index (χ0) is 23.4. The van der Waals surface area contributed by atoms with Crippen LogP contribution in [0, 0.1) is 11.8 Å². The molecule has 0 bridgehead atoms. The molecule has 1 N–H and O–H groups in total. The van der Waals surface area contributed by atoms with Crippen molar-refractivity contribution in [2.75, 3.05) is 5.75 Å². The molecule has 0 unspecified atom stereocenters. The minimum Gasteiger partial charge on any atom is -0.228 e. The van der Waals surface area contributed by atoms with E-state index in [2.05, 4.69) is 4.72 Å². The summed E-state index contributed by atoms with van der Waals surface area (Å²) in [6.07, 6.45) is 11.4. The topological polar surface area (TPSA) is 80.3 Å². The molecule has 0 radical (unpaired) electrons. The van der Waals surface area contributed by atoms with Gasteiger partial charge >= 0.3 is 0 Å². The Kier molecular flexibility index (Phi) is 8.48. The lowest BCUT2D eigenvalue weighted by atomic mass is 9.80. The molecule has 0 amide bonds. The number of sulfone groups is 1. The number of nitrogens with one attached hydrogen (secondary N) is 1. The molecule has 1 aromatic rings. The monoisotopic (exact) mass is 483 g/mol. The standard InChI is InChI=1S/C25H41NO4S2/c1-25(2,3)31(27,28)19-22-13-11-20(12-14-22)9-10-21-15-17-24(18-16-21)32(29,30)26-23-7-5-4-6-8-23/h15-18,20,22-23,26H,4-14,19H2,1-3H3. The van der Waals surface area contributed by atoms with E-state index in [4.69, 9.17) is 0 Å². The van der Waals surface area contributed by atoms with Crippen molar-refractivity contribution >= 4 is 19.9 Å². The van der Waals surface area contributed by atoms with Crippen molar-refractivity contribution in [2.24, 2.45) is 11.8 Å². The lowest BCUT2D eigenvalue weighted by molar-refractivity contribution is 0.278. The van der Waals surface area contributed by atoms with Crippen LogP contribution < -0.4 is 4.72 Å². The van der Waals surface area contributed by atoms with Crippen LogP contribution in [0.4, 0.5) is 0 Å². The molecule has 3 rings (SSSR count). The Hall–Kier alpha value is -0.920. The zero-order valence-electron chi connectivity index (χ0n) is 20.0. The fourth-order valence-corrected chi connectivity index (χ4v) is 7.72. The Morgan fingerprint density at radius 2 is 1.38 bits per heavy atom. The third kappa shape index (κ3) is 7.04. The Morgan fingerprint density at radius 3 is 1.94 bits per heavy atom. The average Bonchev–Trinajstić information content (AvgIpc) is 2.73. The third-order valence-electron chi connectivity index (χ3n) is 7.36. The Morgan fingerprint density at radius 1 is 0.812 bits per heavy atom. The summed E-state index contributed by atoms with van der Waals surface area (Å²) in [7, 11) is -6.49. The molecule has 182 valence electrons. The molecule has 2 fully saturated rings. The van der Waals surface area contributed by atoms with Gasteiger partial charge in [0.05, 0.1) is 15.4 Å². The predicted octanol–water partition coefficient (Wildman–Crippen LogP) is 5.25. The maximum atomic E-state index is 12.7. The molecule has 2 aliphatic rings. The molecule has 0 aromatic heterocycles. The number of sulfonamides is 1. The van der Waals surface area contributed by atoms with Gasteiger partial charge in [-0.05, 0) is 88.8 Å². The SMILES string of the molecule is CC(C)(C)S(=O)(=O)CC1CCC(CCc2ccc(S(=O)(=O)NC3CCCCC3)cc2)CC1. The second-order valence-corrected chi connectivity index (χ2v) is 15.4. The minimum absolute atomic E-state index is 0.0712. The number of rotatable bonds is 8. The second kappa shape index (κ2) is 10.6. The summed E-state index contributed by atoms with van der Waals surface area (Å²) < 4.78 is 52.5. The highest BCUT2D eigenvalue weighted by Gasteiger charge is 2.33. The maximum absolute atomic E-state index is 12.7. The molecule has 32 heavy (non-hydrogen) atoms. The Bertz CT molecular complexity index is 933. The summed E-state index contributed by atoms with van der Waals surface area (Å²) in [5.74, 6) is 1.23. The first-order chi connectivity index (χ1) is 15.0. The van der Waals surface area contributed by atoms with Crippen LogP contribution in [0.15, 0.2) is 29.2 Å². The molecule has 0 spiro atoms. The van der Waals surface area contributed by atoms with Crippen molar-refractivity contribution in [1.82, 2.24) is 4.72 Å². The van der Waals surface area contributed by atoms with E-state index in [1.54, 1.807) is 32.9 Å². The molecule has 0 aliphatic heterocycles. The fourth-order valence-electron chi connectivity index (χ4n) is 4.96. The van der Waals surface area contributed by atoms with Crippen LogP contribution in [-0.4, -0.2) is 33.4 Å². The van der Waals surface area contributed by atoms with E-state index < -0.39 is 24.6 Å². The normalized spacial score (nSPS) is 23.8. The van der Waals surface area contributed by atoms with Crippen LogP contribution in [0.1, 0.15) is 90.5 Å². The fraction of sp³-hybridized carbons (Fsp3) is 0.760. The summed E-state index contributed by atoms with van der Waals surface area (Å²) in [6.45, 7) is 5.36. The predicted molar refractivity (Wildman–Crippen MR) is 131 cm³/mol. The molecule has 0 heterocycles. The Labute approximate surface area is 195 Å². The minimum atomic E-state index is -3.44. The van der Waals surface area contributed by atoms with Gasteiger partial charge in [0.25, 0.3) is 0 Å². The molecule has 5 nitrogen and oxygen atoms in total. The zero-order valence-corrected chi connectivity index (χ0v) is 21.6. The summed E-state index contributed by atoms with van der Waals surface area (Å²) in [6, 6.07) is 7.42. The summed E-state index contributed by atoms with van der Waals surface area (Å²) >= 11 is 0.